The average molecular weight is 318 g/mol. The molecule has 0 bridgehead atoms. The number of amides is 1. The highest BCUT2D eigenvalue weighted by Crippen LogP contribution is 2.15. The maximum absolute atomic E-state index is 11.6. The molecule has 1 aromatic heterocycles. The van der Waals surface area contributed by atoms with Gasteiger partial charge in [0.1, 0.15) is 5.82 Å². The minimum Gasteiger partial charge on any atom is -0.363 e. The molecule has 2 fully saturated rings. The van der Waals surface area contributed by atoms with Crippen LogP contribution in [0.1, 0.15) is 12.8 Å². The van der Waals surface area contributed by atoms with Crippen LogP contribution in [0, 0.1) is 0 Å². The van der Waals surface area contributed by atoms with E-state index in [0.29, 0.717) is 5.91 Å². The number of piperazine rings is 1. The largest absolute Gasteiger partial charge is 0.363 e. The van der Waals surface area contributed by atoms with E-state index in [1.807, 2.05) is 36.2 Å². The van der Waals surface area contributed by atoms with Crippen molar-refractivity contribution in [1.29, 1.82) is 0 Å². The normalized spacial score (nSPS) is 19.5. The van der Waals surface area contributed by atoms with Gasteiger partial charge in [0.2, 0.25) is 11.9 Å². The summed E-state index contributed by atoms with van der Waals surface area (Å²) in [5.41, 5.74) is 0. The maximum atomic E-state index is 11.6. The Morgan fingerprint density at radius 2 is 1.91 bits per heavy atom. The second-order valence-electron chi connectivity index (χ2n) is 6.42. The van der Waals surface area contributed by atoms with Gasteiger partial charge in [-0.3, -0.25) is 9.69 Å². The van der Waals surface area contributed by atoms with E-state index in [0.717, 1.165) is 70.4 Å². The third-order valence-electron chi connectivity index (χ3n) is 4.60. The van der Waals surface area contributed by atoms with Crippen molar-refractivity contribution < 1.29 is 4.79 Å². The van der Waals surface area contributed by atoms with E-state index in [-0.39, 0.29) is 0 Å². The fourth-order valence-corrected chi connectivity index (χ4v) is 3.11. The Morgan fingerprint density at radius 3 is 2.57 bits per heavy atom. The van der Waals surface area contributed by atoms with Crippen molar-refractivity contribution in [2.24, 2.45) is 0 Å². The smallest absolute Gasteiger partial charge is 0.227 e. The van der Waals surface area contributed by atoms with Crippen LogP contribution in [0.2, 0.25) is 0 Å². The first-order chi connectivity index (χ1) is 11.1. The Kier molecular flexibility index (Phi) is 4.95. The zero-order valence-electron chi connectivity index (χ0n) is 14.1. The number of carbonyl (C=O) groups excluding carboxylic acids is 1. The van der Waals surface area contributed by atoms with Crippen molar-refractivity contribution >= 4 is 17.7 Å². The molecule has 0 N–H and O–H groups in total. The number of hydrogen-bond donors (Lipinski definition) is 0. The molecule has 3 heterocycles. The van der Waals surface area contributed by atoms with Gasteiger partial charge in [0.25, 0.3) is 0 Å². The molecule has 1 amide bonds. The summed E-state index contributed by atoms with van der Waals surface area (Å²) in [5.74, 6) is 2.06. The molecule has 1 aromatic rings. The molecule has 0 unspecified atom stereocenters. The highest BCUT2D eigenvalue weighted by molar-refractivity contribution is 5.78. The van der Waals surface area contributed by atoms with Crippen molar-refractivity contribution in [2.45, 2.75) is 12.8 Å². The van der Waals surface area contributed by atoms with Crippen LogP contribution < -0.4 is 9.80 Å². The van der Waals surface area contributed by atoms with E-state index in [1.54, 1.807) is 0 Å². The van der Waals surface area contributed by atoms with Crippen molar-refractivity contribution in [1.82, 2.24) is 19.8 Å². The van der Waals surface area contributed by atoms with Gasteiger partial charge in [-0.2, -0.15) is 4.98 Å². The Morgan fingerprint density at radius 1 is 1.13 bits per heavy atom. The van der Waals surface area contributed by atoms with E-state index in [9.17, 15) is 4.79 Å². The topological polar surface area (TPSA) is 55.8 Å². The van der Waals surface area contributed by atoms with Gasteiger partial charge in [-0.1, -0.05) is 0 Å². The molecule has 2 aliphatic heterocycles. The van der Waals surface area contributed by atoms with E-state index >= 15 is 0 Å². The molecule has 0 aliphatic carbocycles. The molecule has 3 rings (SSSR count). The molecular weight excluding hydrogens is 292 g/mol. The molecular formula is C16H26N6O. The van der Waals surface area contributed by atoms with E-state index in [4.69, 9.17) is 0 Å². The molecule has 126 valence electrons. The molecule has 2 aliphatic rings. The predicted octanol–water partition coefficient (Wildman–Crippen LogP) is 0.287. The third kappa shape index (κ3) is 3.90. The zero-order valence-corrected chi connectivity index (χ0v) is 14.1. The summed E-state index contributed by atoms with van der Waals surface area (Å²) in [6.07, 6.45) is 3.57. The van der Waals surface area contributed by atoms with Crippen LogP contribution >= 0.6 is 0 Å². The van der Waals surface area contributed by atoms with Gasteiger partial charge in [0.15, 0.2) is 0 Å². The van der Waals surface area contributed by atoms with Crippen LogP contribution in [0.3, 0.4) is 0 Å². The van der Waals surface area contributed by atoms with Crippen LogP contribution in [0.15, 0.2) is 12.3 Å². The molecule has 0 saturated carbocycles. The number of carbonyl (C=O) groups is 1. The number of aromatic nitrogens is 2. The summed E-state index contributed by atoms with van der Waals surface area (Å²) in [5, 5.41) is 0. The lowest BCUT2D eigenvalue weighted by Gasteiger charge is -2.35. The van der Waals surface area contributed by atoms with Crippen LogP contribution in [0.5, 0.6) is 0 Å². The third-order valence-corrected chi connectivity index (χ3v) is 4.60. The summed E-state index contributed by atoms with van der Waals surface area (Å²) in [4.78, 5) is 29.3. The molecule has 7 nitrogen and oxygen atoms in total. The molecule has 23 heavy (non-hydrogen) atoms. The van der Waals surface area contributed by atoms with Crippen LogP contribution in [-0.2, 0) is 4.79 Å². The first-order valence-corrected chi connectivity index (χ1v) is 8.39. The van der Waals surface area contributed by atoms with Gasteiger partial charge in [0.05, 0.1) is 0 Å². The van der Waals surface area contributed by atoms with Crippen molar-refractivity contribution in [3.8, 4) is 0 Å². The molecule has 7 heteroatoms. The number of anilines is 2. The van der Waals surface area contributed by atoms with Crippen molar-refractivity contribution in [3.63, 3.8) is 0 Å². The first kappa shape index (κ1) is 16.0. The number of hydrogen-bond acceptors (Lipinski definition) is 6. The SMILES string of the molecule is CN(C)c1ccnc(N2CCN(CCN3CCCC3=O)CC2)n1. The van der Waals surface area contributed by atoms with E-state index in [2.05, 4.69) is 19.8 Å². The van der Waals surface area contributed by atoms with Crippen LogP contribution in [0.25, 0.3) is 0 Å². The number of rotatable bonds is 5. The van der Waals surface area contributed by atoms with Gasteiger partial charge in [-0.15, -0.1) is 0 Å². The molecule has 0 spiro atoms. The van der Waals surface area contributed by atoms with Crippen LogP contribution in [-0.4, -0.2) is 85.6 Å². The fourth-order valence-electron chi connectivity index (χ4n) is 3.11. The summed E-state index contributed by atoms with van der Waals surface area (Å²) in [6, 6.07) is 1.92. The highest BCUT2D eigenvalue weighted by Gasteiger charge is 2.23. The minimum atomic E-state index is 0.317. The lowest BCUT2D eigenvalue weighted by molar-refractivity contribution is -0.127. The molecule has 0 aromatic carbocycles. The number of nitrogens with zero attached hydrogens (tertiary/aromatic N) is 6. The summed E-state index contributed by atoms with van der Waals surface area (Å²) in [6.45, 7) is 6.64. The van der Waals surface area contributed by atoms with Gasteiger partial charge in [-0.05, 0) is 12.5 Å². The Labute approximate surface area is 137 Å². The molecule has 2 saturated heterocycles. The second-order valence-corrected chi connectivity index (χ2v) is 6.42. The molecule has 0 radical (unpaired) electrons. The van der Waals surface area contributed by atoms with E-state index in [1.165, 1.54) is 0 Å². The number of likely N-dealkylation sites (tertiary alicyclic amines) is 1. The van der Waals surface area contributed by atoms with Gasteiger partial charge in [-0.25, -0.2) is 4.98 Å². The van der Waals surface area contributed by atoms with Gasteiger partial charge in [0, 0.05) is 72.5 Å². The Hall–Kier alpha value is -1.89. The standard InChI is InChI=1S/C16H26N6O/c1-19(2)14-5-6-17-16(18-14)22-12-9-20(10-13-22)8-11-21-7-3-4-15(21)23/h5-6H,3-4,7-13H2,1-2H3. The first-order valence-electron chi connectivity index (χ1n) is 8.39. The monoisotopic (exact) mass is 318 g/mol. The van der Waals surface area contributed by atoms with E-state index < -0.39 is 0 Å². The minimum absolute atomic E-state index is 0.317. The van der Waals surface area contributed by atoms with Gasteiger partial charge >= 0.3 is 0 Å². The van der Waals surface area contributed by atoms with Crippen LogP contribution in [0.4, 0.5) is 11.8 Å². The summed E-state index contributed by atoms with van der Waals surface area (Å²) >= 11 is 0. The Bertz CT molecular complexity index is 541. The predicted molar refractivity (Wildman–Crippen MR) is 90.8 cm³/mol. The lowest BCUT2D eigenvalue weighted by Crippen LogP contribution is -2.49. The Balaban J connectivity index is 1.48. The molecule has 0 atom stereocenters. The quantitative estimate of drug-likeness (QED) is 0.778. The van der Waals surface area contributed by atoms with Gasteiger partial charge < -0.3 is 14.7 Å². The average Bonchev–Trinajstić information content (AvgIpc) is 2.98. The summed E-state index contributed by atoms with van der Waals surface area (Å²) < 4.78 is 0. The summed E-state index contributed by atoms with van der Waals surface area (Å²) in [7, 11) is 3.98. The van der Waals surface area contributed by atoms with Crippen molar-refractivity contribution in [3.05, 3.63) is 12.3 Å². The second kappa shape index (κ2) is 7.12. The lowest BCUT2D eigenvalue weighted by atomic mass is 10.3. The maximum Gasteiger partial charge on any atom is 0.227 e. The highest BCUT2D eigenvalue weighted by atomic mass is 16.2. The van der Waals surface area contributed by atoms with Crippen molar-refractivity contribution in [2.75, 3.05) is 69.7 Å². The zero-order chi connectivity index (χ0) is 16.2. The fraction of sp³-hybridized carbons (Fsp3) is 0.688.